The molecule has 0 aromatic rings. The first-order valence-corrected chi connectivity index (χ1v) is 7.96. The Labute approximate surface area is 120 Å². The van der Waals surface area contributed by atoms with Crippen molar-refractivity contribution in [3.63, 3.8) is 0 Å². The first-order chi connectivity index (χ1) is 9.58. The molecule has 3 N–H and O–H groups in total. The normalized spacial score (nSPS) is 33.2. The minimum Gasteiger partial charge on any atom is -0.353 e. The number of likely N-dealkylation sites (tertiary alicyclic amines) is 1. The van der Waals surface area contributed by atoms with Gasteiger partial charge in [-0.1, -0.05) is 19.3 Å². The van der Waals surface area contributed by atoms with Crippen LogP contribution in [-0.4, -0.2) is 41.4 Å². The van der Waals surface area contributed by atoms with Crippen LogP contribution in [0.5, 0.6) is 0 Å². The number of carbonyl (C=O) groups is 2. The van der Waals surface area contributed by atoms with E-state index in [1.54, 1.807) is 0 Å². The highest BCUT2D eigenvalue weighted by molar-refractivity contribution is 5.86. The molecular formula is C15H25N3O2. The Balaban J connectivity index is 1.64. The molecule has 0 aromatic heterocycles. The highest BCUT2D eigenvalue weighted by Crippen LogP contribution is 2.31. The van der Waals surface area contributed by atoms with E-state index in [0.717, 1.165) is 51.6 Å². The van der Waals surface area contributed by atoms with Crippen LogP contribution in [-0.2, 0) is 9.59 Å². The van der Waals surface area contributed by atoms with E-state index in [-0.39, 0.29) is 17.9 Å². The quantitative estimate of drug-likeness (QED) is 0.744. The highest BCUT2D eigenvalue weighted by Gasteiger charge is 2.42. The Bertz CT molecular complexity index is 404. The summed E-state index contributed by atoms with van der Waals surface area (Å²) in [6.07, 6.45) is 7.35. The van der Waals surface area contributed by atoms with Gasteiger partial charge in [-0.15, -0.1) is 0 Å². The Morgan fingerprint density at radius 2 is 2.00 bits per heavy atom. The summed E-state index contributed by atoms with van der Waals surface area (Å²) in [6.45, 7) is 1.50. The van der Waals surface area contributed by atoms with E-state index < -0.39 is 5.54 Å². The van der Waals surface area contributed by atoms with Crippen LogP contribution in [0.1, 0.15) is 51.4 Å². The lowest BCUT2D eigenvalue weighted by atomic mass is 9.79. The maximum atomic E-state index is 12.7. The molecule has 2 unspecified atom stereocenters. The maximum absolute atomic E-state index is 12.7. The van der Waals surface area contributed by atoms with Gasteiger partial charge in [-0.25, -0.2) is 0 Å². The number of amides is 2. The van der Waals surface area contributed by atoms with E-state index in [2.05, 4.69) is 5.32 Å². The summed E-state index contributed by atoms with van der Waals surface area (Å²) < 4.78 is 0. The van der Waals surface area contributed by atoms with Crippen molar-refractivity contribution in [1.82, 2.24) is 10.2 Å². The molecule has 2 amide bonds. The summed E-state index contributed by atoms with van der Waals surface area (Å²) in [5.41, 5.74) is 5.74. The van der Waals surface area contributed by atoms with Crippen LogP contribution in [0.2, 0.25) is 0 Å². The van der Waals surface area contributed by atoms with Crippen LogP contribution in [0.15, 0.2) is 0 Å². The topological polar surface area (TPSA) is 75.4 Å². The molecule has 3 aliphatic rings. The predicted molar refractivity (Wildman–Crippen MR) is 75.9 cm³/mol. The summed E-state index contributed by atoms with van der Waals surface area (Å²) in [5.74, 6) is 0.721. The second-order valence-electron chi connectivity index (χ2n) is 6.73. The number of rotatable bonds is 1. The molecule has 3 rings (SSSR count). The van der Waals surface area contributed by atoms with Crippen molar-refractivity contribution in [2.24, 2.45) is 11.7 Å². The Hall–Kier alpha value is -1.10. The average molecular weight is 279 g/mol. The second kappa shape index (κ2) is 5.35. The average Bonchev–Trinajstić information content (AvgIpc) is 2.46. The van der Waals surface area contributed by atoms with Gasteiger partial charge in [0.25, 0.3) is 0 Å². The molecule has 0 spiro atoms. The van der Waals surface area contributed by atoms with Crippen LogP contribution in [0.25, 0.3) is 0 Å². The third-order valence-electron chi connectivity index (χ3n) is 5.28. The van der Waals surface area contributed by atoms with Gasteiger partial charge < -0.3 is 16.0 Å². The molecule has 20 heavy (non-hydrogen) atoms. The molecule has 0 radical (unpaired) electrons. The summed E-state index contributed by atoms with van der Waals surface area (Å²) in [5, 5.41) is 3.06. The molecule has 2 aliphatic heterocycles. The van der Waals surface area contributed by atoms with E-state index in [0.29, 0.717) is 12.3 Å². The third-order valence-corrected chi connectivity index (χ3v) is 5.28. The van der Waals surface area contributed by atoms with Crippen LogP contribution < -0.4 is 11.1 Å². The molecule has 112 valence electrons. The molecule has 0 bridgehead atoms. The number of carbonyl (C=O) groups excluding carboxylic acids is 2. The predicted octanol–water partition coefficient (Wildman–Crippen LogP) is 0.775. The molecule has 2 heterocycles. The van der Waals surface area contributed by atoms with E-state index in [1.165, 1.54) is 6.42 Å². The van der Waals surface area contributed by atoms with E-state index in [9.17, 15) is 9.59 Å². The van der Waals surface area contributed by atoms with Gasteiger partial charge in [0.05, 0.1) is 5.54 Å². The van der Waals surface area contributed by atoms with Gasteiger partial charge in [0.15, 0.2) is 0 Å². The Morgan fingerprint density at radius 1 is 1.25 bits per heavy atom. The molecular weight excluding hydrogens is 254 g/mol. The SMILES string of the molecule is NC1(C(=O)N2CCC3NC(=O)CCC3C2)CCCCC1. The maximum Gasteiger partial charge on any atom is 0.242 e. The number of hydrogen-bond acceptors (Lipinski definition) is 3. The lowest BCUT2D eigenvalue weighted by Gasteiger charge is -2.44. The van der Waals surface area contributed by atoms with Gasteiger partial charge in [-0.05, 0) is 31.6 Å². The minimum absolute atomic E-state index is 0.146. The number of nitrogens with zero attached hydrogens (tertiary/aromatic N) is 1. The molecule has 1 saturated carbocycles. The van der Waals surface area contributed by atoms with Crippen LogP contribution in [0, 0.1) is 5.92 Å². The fourth-order valence-corrected chi connectivity index (χ4v) is 4.01. The number of piperidine rings is 2. The molecule has 2 saturated heterocycles. The van der Waals surface area contributed by atoms with Gasteiger partial charge in [-0.2, -0.15) is 0 Å². The van der Waals surface area contributed by atoms with Crippen molar-refractivity contribution < 1.29 is 9.59 Å². The number of fused-ring (bicyclic) bond motifs is 1. The van der Waals surface area contributed by atoms with Crippen molar-refractivity contribution in [3.8, 4) is 0 Å². The fourth-order valence-electron chi connectivity index (χ4n) is 4.01. The van der Waals surface area contributed by atoms with Crippen LogP contribution >= 0.6 is 0 Å². The lowest BCUT2D eigenvalue weighted by molar-refractivity contribution is -0.141. The molecule has 3 fully saturated rings. The van der Waals surface area contributed by atoms with Crippen molar-refractivity contribution in [1.29, 1.82) is 0 Å². The Kier molecular flexibility index (Phi) is 3.71. The van der Waals surface area contributed by atoms with Crippen LogP contribution in [0.4, 0.5) is 0 Å². The summed E-state index contributed by atoms with van der Waals surface area (Å²) in [7, 11) is 0. The molecule has 5 nitrogen and oxygen atoms in total. The fraction of sp³-hybridized carbons (Fsp3) is 0.867. The smallest absolute Gasteiger partial charge is 0.242 e. The Morgan fingerprint density at radius 3 is 2.75 bits per heavy atom. The highest BCUT2D eigenvalue weighted by atomic mass is 16.2. The van der Waals surface area contributed by atoms with E-state index in [1.807, 2.05) is 4.90 Å². The summed E-state index contributed by atoms with van der Waals surface area (Å²) in [4.78, 5) is 26.1. The summed E-state index contributed by atoms with van der Waals surface area (Å²) >= 11 is 0. The number of nitrogens with two attached hydrogens (primary N) is 1. The second-order valence-corrected chi connectivity index (χ2v) is 6.73. The number of nitrogens with one attached hydrogen (secondary N) is 1. The van der Waals surface area contributed by atoms with Crippen molar-refractivity contribution in [2.45, 2.75) is 62.9 Å². The molecule has 0 aromatic carbocycles. The molecule has 1 aliphatic carbocycles. The van der Waals surface area contributed by atoms with Gasteiger partial charge in [-0.3, -0.25) is 9.59 Å². The molecule has 5 heteroatoms. The first kappa shape index (κ1) is 13.9. The zero-order chi connectivity index (χ0) is 14.2. The van der Waals surface area contributed by atoms with Crippen molar-refractivity contribution >= 4 is 11.8 Å². The first-order valence-electron chi connectivity index (χ1n) is 7.96. The van der Waals surface area contributed by atoms with Crippen molar-refractivity contribution in [2.75, 3.05) is 13.1 Å². The number of hydrogen-bond donors (Lipinski definition) is 2. The van der Waals surface area contributed by atoms with Crippen LogP contribution in [0.3, 0.4) is 0 Å². The van der Waals surface area contributed by atoms with E-state index in [4.69, 9.17) is 5.73 Å². The van der Waals surface area contributed by atoms with Gasteiger partial charge >= 0.3 is 0 Å². The summed E-state index contributed by atoms with van der Waals surface area (Å²) in [6, 6.07) is 0.264. The van der Waals surface area contributed by atoms with Gasteiger partial charge in [0, 0.05) is 25.6 Å². The van der Waals surface area contributed by atoms with Gasteiger partial charge in [0.1, 0.15) is 0 Å². The van der Waals surface area contributed by atoms with E-state index >= 15 is 0 Å². The zero-order valence-corrected chi connectivity index (χ0v) is 12.1. The standard InChI is InChI=1S/C15H25N3O2/c16-15(7-2-1-3-8-15)14(20)18-9-6-12-11(10-18)4-5-13(19)17-12/h11-12H,1-10,16H2,(H,17,19). The largest absolute Gasteiger partial charge is 0.353 e. The minimum atomic E-state index is -0.622. The van der Waals surface area contributed by atoms with Gasteiger partial charge in [0.2, 0.25) is 11.8 Å². The third kappa shape index (κ3) is 2.55. The molecule has 2 atom stereocenters. The monoisotopic (exact) mass is 279 g/mol. The zero-order valence-electron chi connectivity index (χ0n) is 12.1. The lowest BCUT2D eigenvalue weighted by Crippen LogP contribution is -2.61. The van der Waals surface area contributed by atoms with Crippen molar-refractivity contribution in [3.05, 3.63) is 0 Å².